The van der Waals surface area contributed by atoms with Crippen molar-refractivity contribution in [2.24, 2.45) is 0 Å². The van der Waals surface area contributed by atoms with Gasteiger partial charge in [0, 0.05) is 10.3 Å². The molecule has 0 saturated carbocycles. The van der Waals surface area contributed by atoms with Crippen molar-refractivity contribution in [3.8, 4) is 0 Å². The first-order chi connectivity index (χ1) is 12.5. The van der Waals surface area contributed by atoms with Crippen LogP contribution >= 0.6 is 23.1 Å². The molecule has 3 aromatic rings. The molecule has 0 aliphatic heterocycles. The van der Waals surface area contributed by atoms with Crippen molar-refractivity contribution in [2.45, 2.75) is 50.3 Å². The number of hydrogen-bond donors (Lipinski definition) is 1. The number of aryl methyl sites for hydroxylation is 4. The second-order valence-electron chi connectivity index (χ2n) is 6.33. The lowest BCUT2D eigenvalue weighted by Gasteiger charge is -2.12. The van der Waals surface area contributed by atoms with Crippen LogP contribution in [0.25, 0.3) is 10.2 Å². The SMILES string of the molecule is CCc1cc2c(SC(CCc3ccc(C)cc3)C(=O)O)nc(C)nc2s1. The number of aromatic nitrogens is 2. The number of benzene rings is 1. The molecule has 1 N–H and O–H groups in total. The van der Waals surface area contributed by atoms with Crippen LogP contribution in [0.5, 0.6) is 0 Å². The maximum atomic E-state index is 11.8. The van der Waals surface area contributed by atoms with E-state index in [0.717, 1.165) is 33.6 Å². The van der Waals surface area contributed by atoms with Gasteiger partial charge in [-0.2, -0.15) is 0 Å². The van der Waals surface area contributed by atoms with E-state index in [9.17, 15) is 9.90 Å². The van der Waals surface area contributed by atoms with Crippen molar-refractivity contribution >= 4 is 39.3 Å². The van der Waals surface area contributed by atoms with Crippen LogP contribution in [0.4, 0.5) is 0 Å². The van der Waals surface area contributed by atoms with E-state index in [1.54, 1.807) is 11.3 Å². The van der Waals surface area contributed by atoms with Crippen molar-refractivity contribution in [3.05, 3.63) is 52.2 Å². The van der Waals surface area contributed by atoms with Crippen LogP contribution in [-0.4, -0.2) is 26.3 Å². The molecule has 4 nitrogen and oxygen atoms in total. The number of nitrogens with zero attached hydrogens (tertiary/aromatic N) is 2. The first-order valence-corrected chi connectivity index (χ1v) is 10.4. The second-order valence-corrected chi connectivity index (χ2v) is 8.64. The van der Waals surface area contributed by atoms with Gasteiger partial charge in [0.1, 0.15) is 20.9 Å². The van der Waals surface area contributed by atoms with Crippen molar-refractivity contribution in [2.75, 3.05) is 0 Å². The third-order valence-electron chi connectivity index (χ3n) is 4.21. The monoisotopic (exact) mass is 386 g/mol. The molecule has 3 rings (SSSR count). The topological polar surface area (TPSA) is 63.1 Å². The Morgan fingerprint density at radius 3 is 2.62 bits per heavy atom. The lowest BCUT2D eigenvalue weighted by Crippen LogP contribution is -2.17. The summed E-state index contributed by atoms with van der Waals surface area (Å²) < 4.78 is 0. The molecular weight excluding hydrogens is 364 g/mol. The zero-order chi connectivity index (χ0) is 18.7. The third kappa shape index (κ3) is 4.43. The minimum Gasteiger partial charge on any atom is -0.480 e. The average molecular weight is 387 g/mol. The Labute approximate surface area is 161 Å². The quantitative estimate of drug-likeness (QED) is 0.455. The number of aliphatic carboxylic acids is 1. The lowest BCUT2D eigenvalue weighted by molar-refractivity contribution is -0.136. The molecule has 0 spiro atoms. The van der Waals surface area contributed by atoms with E-state index in [2.05, 4.69) is 47.2 Å². The molecule has 0 amide bonds. The molecule has 6 heteroatoms. The first-order valence-electron chi connectivity index (χ1n) is 8.68. The Balaban J connectivity index is 1.81. The van der Waals surface area contributed by atoms with Gasteiger partial charge in [-0.05, 0) is 44.7 Å². The van der Waals surface area contributed by atoms with Gasteiger partial charge in [-0.1, -0.05) is 48.5 Å². The summed E-state index contributed by atoms with van der Waals surface area (Å²) in [5.41, 5.74) is 2.37. The summed E-state index contributed by atoms with van der Waals surface area (Å²) in [5, 5.41) is 10.9. The van der Waals surface area contributed by atoms with Gasteiger partial charge in [0.25, 0.3) is 0 Å². The minimum atomic E-state index is -0.794. The smallest absolute Gasteiger partial charge is 0.317 e. The number of carboxylic acid groups (broad SMARTS) is 1. The fraction of sp³-hybridized carbons (Fsp3) is 0.350. The van der Waals surface area contributed by atoms with Crippen LogP contribution in [0.1, 0.15) is 35.2 Å². The molecule has 26 heavy (non-hydrogen) atoms. The predicted molar refractivity (Wildman–Crippen MR) is 108 cm³/mol. The van der Waals surface area contributed by atoms with E-state index in [-0.39, 0.29) is 0 Å². The van der Waals surface area contributed by atoms with Gasteiger partial charge in [0.15, 0.2) is 0 Å². The zero-order valence-corrected chi connectivity index (χ0v) is 16.8. The van der Waals surface area contributed by atoms with Gasteiger partial charge in [0.2, 0.25) is 0 Å². The third-order valence-corrected chi connectivity index (χ3v) is 6.64. The number of hydrogen-bond acceptors (Lipinski definition) is 5. The van der Waals surface area contributed by atoms with Gasteiger partial charge >= 0.3 is 5.97 Å². The van der Waals surface area contributed by atoms with Crippen molar-refractivity contribution < 1.29 is 9.90 Å². The van der Waals surface area contributed by atoms with Crippen LogP contribution in [0.15, 0.2) is 35.4 Å². The summed E-state index contributed by atoms with van der Waals surface area (Å²) in [5.74, 6) is -0.107. The summed E-state index contributed by atoms with van der Waals surface area (Å²) in [6.07, 6.45) is 2.25. The van der Waals surface area contributed by atoms with Gasteiger partial charge < -0.3 is 5.11 Å². The van der Waals surface area contributed by atoms with E-state index in [4.69, 9.17) is 0 Å². The Morgan fingerprint density at radius 1 is 1.23 bits per heavy atom. The van der Waals surface area contributed by atoms with Gasteiger partial charge in [-0.25, -0.2) is 9.97 Å². The summed E-state index contributed by atoms with van der Waals surface area (Å²) in [6, 6.07) is 10.4. The number of carbonyl (C=O) groups is 1. The molecule has 136 valence electrons. The molecule has 1 unspecified atom stereocenters. The largest absolute Gasteiger partial charge is 0.480 e. The molecular formula is C20H22N2O2S2. The van der Waals surface area contributed by atoms with Crippen LogP contribution < -0.4 is 0 Å². The Morgan fingerprint density at radius 2 is 1.96 bits per heavy atom. The molecule has 1 atom stereocenters. The highest BCUT2D eigenvalue weighted by Gasteiger charge is 2.22. The molecule has 2 heterocycles. The van der Waals surface area contributed by atoms with Crippen LogP contribution in [-0.2, 0) is 17.6 Å². The van der Waals surface area contributed by atoms with Crippen LogP contribution in [0.3, 0.4) is 0 Å². The van der Waals surface area contributed by atoms with E-state index >= 15 is 0 Å². The van der Waals surface area contributed by atoms with Gasteiger partial charge in [-0.3, -0.25) is 4.79 Å². The normalized spacial score (nSPS) is 12.4. The van der Waals surface area contributed by atoms with Crippen molar-refractivity contribution in [3.63, 3.8) is 0 Å². The highest BCUT2D eigenvalue weighted by Crippen LogP contribution is 2.35. The number of thiophene rings is 1. The minimum absolute atomic E-state index is 0.529. The van der Waals surface area contributed by atoms with Crippen molar-refractivity contribution in [1.29, 1.82) is 0 Å². The molecule has 0 aliphatic rings. The fourth-order valence-electron chi connectivity index (χ4n) is 2.73. The molecule has 0 saturated heterocycles. The maximum Gasteiger partial charge on any atom is 0.317 e. The lowest BCUT2D eigenvalue weighted by atomic mass is 10.1. The number of carboxylic acids is 1. The van der Waals surface area contributed by atoms with E-state index < -0.39 is 11.2 Å². The summed E-state index contributed by atoms with van der Waals surface area (Å²) >= 11 is 3.00. The van der Waals surface area contributed by atoms with Gasteiger partial charge in [-0.15, -0.1) is 11.3 Å². The summed E-state index contributed by atoms with van der Waals surface area (Å²) in [6.45, 7) is 6.02. The predicted octanol–water partition coefficient (Wildman–Crippen LogP) is 5.05. The summed E-state index contributed by atoms with van der Waals surface area (Å²) in [7, 11) is 0. The molecule has 0 aliphatic carbocycles. The molecule has 0 radical (unpaired) electrons. The average Bonchev–Trinajstić information content (AvgIpc) is 3.02. The second kappa shape index (κ2) is 8.18. The van der Waals surface area contributed by atoms with E-state index in [1.165, 1.54) is 22.2 Å². The number of fused-ring (bicyclic) bond motifs is 1. The van der Waals surface area contributed by atoms with Crippen LogP contribution in [0, 0.1) is 13.8 Å². The standard InChI is InChI=1S/C20H22N2O2S2/c1-4-15-11-16-18(25-15)21-13(3)22-19(16)26-17(20(23)24)10-9-14-7-5-12(2)6-8-14/h5-8,11,17H,4,9-10H2,1-3H3,(H,23,24). The Kier molecular flexibility index (Phi) is 5.94. The van der Waals surface area contributed by atoms with Gasteiger partial charge in [0.05, 0.1) is 0 Å². The highest BCUT2D eigenvalue weighted by atomic mass is 32.2. The highest BCUT2D eigenvalue weighted by molar-refractivity contribution is 8.00. The molecule has 1 aromatic carbocycles. The van der Waals surface area contributed by atoms with Crippen molar-refractivity contribution in [1.82, 2.24) is 9.97 Å². The number of thioether (sulfide) groups is 1. The Bertz CT molecular complexity index is 919. The molecule has 0 fully saturated rings. The molecule has 2 aromatic heterocycles. The fourth-order valence-corrected chi connectivity index (χ4v) is 4.88. The maximum absolute atomic E-state index is 11.8. The van der Waals surface area contributed by atoms with E-state index in [0.29, 0.717) is 12.2 Å². The Hall–Kier alpha value is -1.92. The summed E-state index contributed by atoms with van der Waals surface area (Å²) in [4.78, 5) is 23.0. The number of rotatable bonds is 7. The first kappa shape index (κ1) is 18.9. The molecule has 0 bridgehead atoms. The zero-order valence-electron chi connectivity index (χ0n) is 15.2. The van der Waals surface area contributed by atoms with E-state index in [1.807, 2.05) is 13.8 Å². The van der Waals surface area contributed by atoms with Crippen LogP contribution in [0.2, 0.25) is 0 Å².